The standard InChI is InChI=1S/C21H23N5O3S2/c22-21-26(17-3-1-2-4-18(17)30-21)15-5-7-16(8-6-15)29-20-19(23-9-10-24-20)25-11-13-31(27,28)14-12-25/h1-10,21,27-28H,11-14,22H2. The Morgan fingerprint density at radius 2 is 1.71 bits per heavy atom. The van der Waals surface area contributed by atoms with E-state index in [0.29, 0.717) is 42.0 Å². The molecule has 10 heteroatoms. The lowest BCUT2D eigenvalue weighted by Gasteiger charge is -2.41. The average molecular weight is 458 g/mol. The molecule has 0 saturated carbocycles. The fourth-order valence-electron chi connectivity index (χ4n) is 3.69. The van der Waals surface area contributed by atoms with Crippen molar-refractivity contribution in [2.45, 2.75) is 10.4 Å². The molecule has 0 radical (unpaired) electrons. The molecule has 1 unspecified atom stereocenters. The van der Waals surface area contributed by atoms with Crippen LogP contribution < -0.4 is 20.3 Å². The first-order valence-corrected chi connectivity index (χ1v) is 12.6. The fraction of sp³-hybridized carbons (Fsp3) is 0.238. The molecule has 1 atom stereocenters. The van der Waals surface area contributed by atoms with Gasteiger partial charge in [0, 0.05) is 36.1 Å². The maximum Gasteiger partial charge on any atom is 0.263 e. The van der Waals surface area contributed by atoms with Crippen molar-refractivity contribution in [3.05, 3.63) is 60.9 Å². The van der Waals surface area contributed by atoms with Crippen molar-refractivity contribution in [1.82, 2.24) is 9.97 Å². The SMILES string of the molecule is NC1Sc2ccccc2N1c1ccc(Oc2nccnc2N2CCS(O)(O)CC2)cc1. The van der Waals surface area contributed by atoms with E-state index in [4.69, 9.17) is 10.5 Å². The van der Waals surface area contributed by atoms with E-state index >= 15 is 0 Å². The summed E-state index contributed by atoms with van der Waals surface area (Å²) in [5.74, 6) is 2.29. The van der Waals surface area contributed by atoms with E-state index in [1.807, 2.05) is 41.3 Å². The highest BCUT2D eigenvalue weighted by molar-refractivity contribution is 8.24. The lowest BCUT2D eigenvalue weighted by atomic mass is 10.2. The van der Waals surface area contributed by atoms with E-state index in [9.17, 15) is 9.11 Å². The molecule has 0 spiro atoms. The van der Waals surface area contributed by atoms with Gasteiger partial charge in [-0.05, 0) is 36.4 Å². The highest BCUT2D eigenvalue weighted by atomic mass is 32.3. The molecule has 31 heavy (non-hydrogen) atoms. The summed E-state index contributed by atoms with van der Waals surface area (Å²) in [5.41, 5.74) is 8.25. The van der Waals surface area contributed by atoms with Gasteiger partial charge in [-0.15, -0.1) is 0 Å². The summed E-state index contributed by atoms with van der Waals surface area (Å²) < 4.78 is 25.8. The largest absolute Gasteiger partial charge is 0.436 e. The molecule has 1 fully saturated rings. The number of thioether (sulfide) groups is 1. The lowest BCUT2D eigenvalue weighted by Crippen LogP contribution is -2.39. The van der Waals surface area contributed by atoms with Crippen molar-refractivity contribution in [2.75, 3.05) is 34.4 Å². The van der Waals surface area contributed by atoms with E-state index in [1.54, 1.807) is 24.2 Å². The predicted octanol–water partition coefficient (Wildman–Crippen LogP) is 4.33. The van der Waals surface area contributed by atoms with Crippen LogP contribution >= 0.6 is 22.4 Å². The van der Waals surface area contributed by atoms with Crippen LogP contribution in [0.25, 0.3) is 0 Å². The molecule has 0 aliphatic carbocycles. The minimum Gasteiger partial charge on any atom is -0.436 e. The van der Waals surface area contributed by atoms with Gasteiger partial charge in [0.1, 0.15) is 11.2 Å². The third-order valence-corrected chi connectivity index (χ3v) is 8.00. The first kappa shape index (κ1) is 20.4. The number of nitrogens with two attached hydrogens (primary N) is 1. The Bertz CT molecular complexity index is 1070. The second-order valence-electron chi connectivity index (χ2n) is 7.32. The number of anilines is 3. The molecular weight excluding hydrogens is 434 g/mol. The molecule has 162 valence electrons. The predicted molar refractivity (Wildman–Crippen MR) is 126 cm³/mol. The molecule has 0 amide bonds. The molecule has 3 heterocycles. The highest BCUT2D eigenvalue weighted by Crippen LogP contribution is 2.46. The summed E-state index contributed by atoms with van der Waals surface area (Å²) >= 11 is 1.63. The number of aromatic nitrogens is 2. The van der Waals surface area contributed by atoms with Crippen LogP contribution in [-0.4, -0.2) is 49.2 Å². The summed E-state index contributed by atoms with van der Waals surface area (Å²) in [6.45, 7) is 1.00. The Morgan fingerprint density at radius 1 is 1.00 bits per heavy atom. The second-order valence-corrected chi connectivity index (χ2v) is 10.9. The molecule has 8 nitrogen and oxygen atoms in total. The van der Waals surface area contributed by atoms with E-state index in [-0.39, 0.29) is 5.50 Å². The summed E-state index contributed by atoms with van der Waals surface area (Å²) in [6.07, 6.45) is 3.20. The molecular formula is C21H23N5O3S2. The Labute approximate surface area is 186 Å². The van der Waals surface area contributed by atoms with Crippen LogP contribution in [0.3, 0.4) is 0 Å². The van der Waals surface area contributed by atoms with Crippen molar-refractivity contribution in [2.24, 2.45) is 5.73 Å². The van der Waals surface area contributed by atoms with Gasteiger partial charge in [0.15, 0.2) is 5.82 Å². The number of hydrogen-bond acceptors (Lipinski definition) is 9. The van der Waals surface area contributed by atoms with Crippen LogP contribution in [0.2, 0.25) is 0 Å². The number of rotatable bonds is 4. The topological polar surface area (TPSA) is 108 Å². The van der Waals surface area contributed by atoms with Gasteiger partial charge in [0.25, 0.3) is 5.88 Å². The Kier molecular flexibility index (Phi) is 5.40. The molecule has 2 aromatic carbocycles. The quantitative estimate of drug-likeness (QED) is 0.527. The Hall–Kier alpha value is -2.50. The molecule has 3 aromatic rings. The first-order chi connectivity index (χ1) is 15.0. The van der Waals surface area contributed by atoms with Gasteiger partial charge in [-0.2, -0.15) is 10.6 Å². The zero-order valence-corrected chi connectivity index (χ0v) is 18.3. The number of benzene rings is 2. The van der Waals surface area contributed by atoms with Gasteiger partial charge in [0.2, 0.25) is 0 Å². The zero-order chi connectivity index (χ0) is 21.4. The normalized spacial score (nSPS) is 20.9. The highest BCUT2D eigenvalue weighted by Gasteiger charge is 2.28. The second kappa shape index (κ2) is 8.21. The van der Waals surface area contributed by atoms with E-state index in [2.05, 4.69) is 27.0 Å². The van der Waals surface area contributed by atoms with Crippen LogP contribution in [0.5, 0.6) is 11.6 Å². The van der Waals surface area contributed by atoms with E-state index < -0.39 is 10.6 Å². The summed E-state index contributed by atoms with van der Waals surface area (Å²) in [5, 5.41) is 0. The van der Waals surface area contributed by atoms with Crippen molar-refractivity contribution >= 4 is 39.5 Å². The Balaban J connectivity index is 1.35. The van der Waals surface area contributed by atoms with Crippen LogP contribution in [0.4, 0.5) is 17.2 Å². The van der Waals surface area contributed by atoms with E-state index in [0.717, 1.165) is 16.3 Å². The first-order valence-electron chi connectivity index (χ1n) is 9.88. The fourth-order valence-corrected chi connectivity index (χ4v) is 5.97. The molecule has 0 bridgehead atoms. The number of ether oxygens (including phenoxy) is 1. The van der Waals surface area contributed by atoms with Gasteiger partial charge >= 0.3 is 0 Å². The maximum absolute atomic E-state index is 9.87. The smallest absolute Gasteiger partial charge is 0.263 e. The van der Waals surface area contributed by atoms with Crippen LogP contribution in [0.1, 0.15) is 0 Å². The Morgan fingerprint density at radius 3 is 2.48 bits per heavy atom. The minimum absolute atomic E-state index is 0.179. The molecule has 2 aliphatic rings. The number of hydrogen-bond donors (Lipinski definition) is 3. The summed E-state index contributed by atoms with van der Waals surface area (Å²) in [7, 11) is -2.48. The average Bonchev–Trinajstić information content (AvgIpc) is 3.11. The van der Waals surface area contributed by atoms with Gasteiger partial charge < -0.3 is 20.3 Å². The summed E-state index contributed by atoms with van der Waals surface area (Å²) in [6, 6.07) is 15.9. The van der Waals surface area contributed by atoms with Crippen molar-refractivity contribution in [3.8, 4) is 11.6 Å². The molecule has 5 rings (SSSR count). The van der Waals surface area contributed by atoms with Crippen LogP contribution in [0, 0.1) is 0 Å². The van der Waals surface area contributed by atoms with Crippen LogP contribution in [0.15, 0.2) is 65.8 Å². The molecule has 1 aromatic heterocycles. The third-order valence-electron chi connectivity index (χ3n) is 5.28. The van der Waals surface area contributed by atoms with E-state index in [1.165, 1.54) is 0 Å². The zero-order valence-electron chi connectivity index (χ0n) is 16.7. The van der Waals surface area contributed by atoms with Crippen molar-refractivity contribution in [3.63, 3.8) is 0 Å². The monoisotopic (exact) mass is 457 g/mol. The van der Waals surface area contributed by atoms with Crippen molar-refractivity contribution in [1.29, 1.82) is 0 Å². The maximum atomic E-state index is 9.87. The van der Waals surface area contributed by atoms with Gasteiger partial charge in [0.05, 0.1) is 17.2 Å². The molecule has 2 aliphatic heterocycles. The number of para-hydroxylation sites is 1. The van der Waals surface area contributed by atoms with Gasteiger partial charge in [-0.1, -0.05) is 23.9 Å². The van der Waals surface area contributed by atoms with Crippen molar-refractivity contribution < 1.29 is 13.8 Å². The summed E-state index contributed by atoms with van der Waals surface area (Å²) in [4.78, 5) is 14.0. The molecule has 4 N–H and O–H groups in total. The van der Waals surface area contributed by atoms with Gasteiger partial charge in [-0.3, -0.25) is 9.11 Å². The number of nitrogens with zero attached hydrogens (tertiary/aromatic N) is 4. The third kappa shape index (κ3) is 4.17. The molecule has 1 saturated heterocycles. The lowest BCUT2D eigenvalue weighted by molar-refractivity contribution is 0.455. The van der Waals surface area contributed by atoms with Gasteiger partial charge in [-0.25, -0.2) is 9.97 Å². The van der Waals surface area contributed by atoms with Crippen LogP contribution in [-0.2, 0) is 0 Å². The minimum atomic E-state index is -2.48. The number of fused-ring (bicyclic) bond motifs is 1.